The van der Waals surface area contributed by atoms with E-state index in [0.29, 0.717) is 18.7 Å². The quantitative estimate of drug-likeness (QED) is 0.783. The lowest BCUT2D eigenvalue weighted by atomic mass is 10.00. The first-order valence-corrected chi connectivity index (χ1v) is 5.24. The third kappa shape index (κ3) is 2.61. The van der Waals surface area contributed by atoms with Crippen LogP contribution >= 0.6 is 0 Å². The molecule has 0 radical (unpaired) electrons. The predicted molar refractivity (Wildman–Crippen MR) is 60.9 cm³/mol. The second-order valence-corrected chi connectivity index (χ2v) is 3.82. The fourth-order valence-corrected chi connectivity index (χ4v) is 1.75. The van der Waals surface area contributed by atoms with Crippen LogP contribution in [0.2, 0.25) is 0 Å². The van der Waals surface area contributed by atoms with Crippen molar-refractivity contribution in [3.63, 3.8) is 0 Å². The molecule has 1 aromatic carbocycles. The number of nitriles is 1. The first-order chi connectivity index (χ1) is 8.19. The summed E-state index contributed by atoms with van der Waals surface area (Å²) in [5.74, 6) is -0.314. The SMILES string of the molecule is N#CCC(=O)Nc1ccc2c(c1)CNC(=O)C2. The van der Waals surface area contributed by atoms with Crippen molar-refractivity contribution in [1.82, 2.24) is 5.32 Å². The predicted octanol–water partition coefficient (Wildman–Crippen LogP) is 0.711. The molecule has 0 aliphatic carbocycles. The van der Waals surface area contributed by atoms with E-state index in [2.05, 4.69) is 10.6 Å². The van der Waals surface area contributed by atoms with E-state index in [0.717, 1.165) is 11.1 Å². The van der Waals surface area contributed by atoms with Gasteiger partial charge in [-0.15, -0.1) is 0 Å². The largest absolute Gasteiger partial charge is 0.352 e. The van der Waals surface area contributed by atoms with E-state index in [1.165, 1.54) is 0 Å². The van der Waals surface area contributed by atoms with Gasteiger partial charge in [-0.3, -0.25) is 9.59 Å². The molecule has 0 bridgehead atoms. The van der Waals surface area contributed by atoms with Crippen molar-refractivity contribution in [2.24, 2.45) is 0 Å². The molecule has 5 heteroatoms. The van der Waals surface area contributed by atoms with Crippen LogP contribution in [0.3, 0.4) is 0 Å². The van der Waals surface area contributed by atoms with Crippen molar-refractivity contribution in [1.29, 1.82) is 5.26 Å². The number of nitrogens with zero attached hydrogens (tertiary/aromatic N) is 1. The van der Waals surface area contributed by atoms with Gasteiger partial charge in [0.25, 0.3) is 0 Å². The molecule has 0 atom stereocenters. The van der Waals surface area contributed by atoms with Gasteiger partial charge in [0.05, 0.1) is 12.5 Å². The van der Waals surface area contributed by atoms with Crippen LogP contribution in [0.5, 0.6) is 0 Å². The van der Waals surface area contributed by atoms with Crippen LogP contribution in [0.25, 0.3) is 0 Å². The van der Waals surface area contributed by atoms with E-state index < -0.39 is 0 Å². The lowest BCUT2D eigenvalue weighted by Crippen LogP contribution is -2.30. The molecule has 0 unspecified atom stereocenters. The molecule has 1 aromatic rings. The number of carbonyl (C=O) groups is 2. The summed E-state index contributed by atoms with van der Waals surface area (Å²) in [5, 5.41) is 13.7. The summed E-state index contributed by atoms with van der Waals surface area (Å²) < 4.78 is 0. The summed E-state index contributed by atoms with van der Waals surface area (Å²) in [5.41, 5.74) is 2.63. The molecule has 1 aliphatic rings. The fourth-order valence-electron chi connectivity index (χ4n) is 1.75. The monoisotopic (exact) mass is 229 g/mol. The maximum Gasteiger partial charge on any atom is 0.238 e. The zero-order chi connectivity index (χ0) is 12.3. The van der Waals surface area contributed by atoms with Gasteiger partial charge in [0.2, 0.25) is 11.8 Å². The summed E-state index contributed by atoms with van der Waals surface area (Å²) in [6.45, 7) is 0.482. The normalized spacial score (nSPS) is 13.2. The number of carbonyl (C=O) groups excluding carboxylic acids is 2. The molecule has 86 valence electrons. The number of fused-ring (bicyclic) bond motifs is 1. The molecule has 17 heavy (non-hydrogen) atoms. The standard InChI is InChI=1S/C12H11N3O2/c13-4-3-11(16)15-10-2-1-8-6-12(17)14-7-9(8)5-10/h1-2,5H,3,6-7H2,(H,14,17)(H,15,16). The molecular weight excluding hydrogens is 218 g/mol. The van der Waals surface area contributed by atoms with E-state index in [9.17, 15) is 9.59 Å². The molecule has 0 saturated heterocycles. The highest BCUT2D eigenvalue weighted by Crippen LogP contribution is 2.19. The van der Waals surface area contributed by atoms with Crippen LogP contribution in [0.1, 0.15) is 17.5 Å². The smallest absolute Gasteiger partial charge is 0.238 e. The van der Waals surface area contributed by atoms with Gasteiger partial charge in [0.1, 0.15) is 6.42 Å². The zero-order valence-corrected chi connectivity index (χ0v) is 9.12. The number of nitrogens with one attached hydrogen (secondary N) is 2. The lowest BCUT2D eigenvalue weighted by molar-refractivity contribution is -0.121. The van der Waals surface area contributed by atoms with Crippen LogP contribution in [0.4, 0.5) is 5.69 Å². The Morgan fingerprint density at radius 3 is 3.06 bits per heavy atom. The highest BCUT2D eigenvalue weighted by atomic mass is 16.2. The Bertz CT molecular complexity index is 517. The van der Waals surface area contributed by atoms with Crippen molar-refractivity contribution >= 4 is 17.5 Å². The molecule has 1 heterocycles. The van der Waals surface area contributed by atoms with Crippen LogP contribution in [-0.2, 0) is 22.6 Å². The van der Waals surface area contributed by atoms with Crippen molar-refractivity contribution in [2.45, 2.75) is 19.4 Å². The van der Waals surface area contributed by atoms with Gasteiger partial charge in [-0.2, -0.15) is 5.26 Å². The van der Waals surface area contributed by atoms with Crippen LogP contribution in [0.15, 0.2) is 18.2 Å². The summed E-state index contributed by atoms with van der Waals surface area (Å²) in [7, 11) is 0. The number of anilines is 1. The Kier molecular flexibility index (Phi) is 3.06. The van der Waals surface area contributed by atoms with Crippen LogP contribution in [-0.4, -0.2) is 11.8 Å². The Balaban J connectivity index is 2.14. The maximum atomic E-state index is 11.2. The Morgan fingerprint density at radius 1 is 1.47 bits per heavy atom. The molecule has 2 amide bonds. The highest BCUT2D eigenvalue weighted by molar-refractivity contribution is 5.92. The Hall–Kier alpha value is -2.35. The van der Waals surface area contributed by atoms with E-state index in [4.69, 9.17) is 5.26 Å². The summed E-state index contributed by atoms with van der Waals surface area (Å²) in [6, 6.07) is 7.18. The fraction of sp³-hybridized carbons (Fsp3) is 0.250. The summed E-state index contributed by atoms with van der Waals surface area (Å²) in [4.78, 5) is 22.4. The number of hydrogen-bond donors (Lipinski definition) is 2. The molecular formula is C12H11N3O2. The second kappa shape index (κ2) is 4.66. The first kappa shape index (κ1) is 11.1. The van der Waals surface area contributed by atoms with Gasteiger partial charge < -0.3 is 10.6 Å². The third-order valence-electron chi connectivity index (χ3n) is 2.56. The van der Waals surface area contributed by atoms with Gasteiger partial charge in [-0.25, -0.2) is 0 Å². The van der Waals surface area contributed by atoms with E-state index >= 15 is 0 Å². The van der Waals surface area contributed by atoms with Crippen molar-refractivity contribution < 1.29 is 9.59 Å². The van der Waals surface area contributed by atoms with Gasteiger partial charge in [-0.1, -0.05) is 6.07 Å². The van der Waals surface area contributed by atoms with E-state index in [-0.39, 0.29) is 18.2 Å². The summed E-state index contributed by atoms with van der Waals surface area (Å²) in [6.07, 6.45) is 0.218. The minimum absolute atomic E-state index is 0.0127. The summed E-state index contributed by atoms with van der Waals surface area (Å²) >= 11 is 0. The molecule has 2 N–H and O–H groups in total. The number of rotatable bonds is 2. The van der Waals surface area contributed by atoms with Crippen molar-refractivity contribution in [3.05, 3.63) is 29.3 Å². The molecule has 1 aliphatic heterocycles. The lowest BCUT2D eigenvalue weighted by Gasteiger charge is -2.17. The van der Waals surface area contributed by atoms with Gasteiger partial charge >= 0.3 is 0 Å². The average molecular weight is 229 g/mol. The average Bonchev–Trinajstić information content (AvgIpc) is 2.29. The van der Waals surface area contributed by atoms with Gasteiger partial charge in [-0.05, 0) is 23.3 Å². The topological polar surface area (TPSA) is 82.0 Å². The molecule has 0 fully saturated rings. The van der Waals surface area contributed by atoms with Crippen molar-refractivity contribution in [2.75, 3.05) is 5.32 Å². The highest BCUT2D eigenvalue weighted by Gasteiger charge is 2.15. The Morgan fingerprint density at radius 2 is 2.29 bits per heavy atom. The van der Waals surface area contributed by atoms with E-state index in [1.54, 1.807) is 12.1 Å². The maximum absolute atomic E-state index is 11.2. The van der Waals surface area contributed by atoms with Crippen LogP contribution in [0, 0.1) is 11.3 Å². The number of hydrogen-bond acceptors (Lipinski definition) is 3. The molecule has 2 rings (SSSR count). The van der Waals surface area contributed by atoms with Crippen LogP contribution < -0.4 is 10.6 Å². The molecule has 0 aromatic heterocycles. The van der Waals surface area contributed by atoms with Gasteiger partial charge in [0, 0.05) is 12.2 Å². The molecule has 5 nitrogen and oxygen atoms in total. The second-order valence-electron chi connectivity index (χ2n) is 3.82. The first-order valence-electron chi connectivity index (χ1n) is 5.24. The number of benzene rings is 1. The third-order valence-corrected chi connectivity index (χ3v) is 2.56. The number of amides is 2. The Labute approximate surface area is 98.4 Å². The van der Waals surface area contributed by atoms with Gasteiger partial charge in [0.15, 0.2) is 0 Å². The molecule has 0 spiro atoms. The van der Waals surface area contributed by atoms with E-state index in [1.807, 2.05) is 12.1 Å². The minimum atomic E-state index is -0.327. The zero-order valence-electron chi connectivity index (χ0n) is 9.12. The minimum Gasteiger partial charge on any atom is -0.352 e. The van der Waals surface area contributed by atoms with Crippen molar-refractivity contribution in [3.8, 4) is 6.07 Å². The molecule has 0 saturated carbocycles.